The van der Waals surface area contributed by atoms with E-state index in [-0.39, 0.29) is 5.91 Å². The largest absolute Gasteiger partial charge is 0.402 e. The highest BCUT2D eigenvalue weighted by Gasteiger charge is 2.26. The van der Waals surface area contributed by atoms with Gasteiger partial charge in [0.2, 0.25) is 0 Å². The minimum atomic E-state index is -0.0858. The predicted octanol–water partition coefficient (Wildman–Crippen LogP) is 2.61. The molecule has 1 aromatic carbocycles. The van der Waals surface area contributed by atoms with E-state index in [0.717, 1.165) is 48.9 Å². The Morgan fingerprint density at radius 1 is 1.25 bits per heavy atom. The van der Waals surface area contributed by atoms with E-state index >= 15 is 0 Å². The first-order chi connectivity index (χ1) is 11.7. The van der Waals surface area contributed by atoms with Crippen molar-refractivity contribution in [2.24, 2.45) is 10.7 Å². The van der Waals surface area contributed by atoms with Gasteiger partial charge in [0.05, 0.1) is 5.69 Å². The first-order valence-electron chi connectivity index (χ1n) is 8.75. The molecular formula is C19H26N4O. The molecule has 24 heavy (non-hydrogen) atoms. The van der Waals surface area contributed by atoms with Crippen molar-refractivity contribution in [1.29, 1.82) is 0 Å². The van der Waals surface area contributed by atoms with Crippen molar-refractivity contribution >= 4 is 17.8 Å². The number of hydrogen-bond donors (Lipinski definition) is 2. The summed E-state index contributed by atoms with van der Waals surface area (Å²) in [7, 11) is 1.63. The summed E-state index contributed by atoms with van der Waals surface area (Å²) in [5.41, 5.74) is 9.84. The number of hydrogen-bond acceptors (Lipinski definition) is 4. The zero-order chi connectivity index (χ0) is 16.9. The number of benzene rings is 1. The van der Waals surface area contributed by atoms with Crippen molar-refractivity contribution < 1.29 is 4.79 Å². The Kier molecular flexibility index (Phi) is 5.30. The molecule has 3 N–H and O–H groups in total. The van der Waals surface area contributed by atoms with Crippen LogP contribution in [0.15, 0.2) is 40.5 Å². The van der Waals surface area contributed by atoms with Crippen LogP contribution in [0.2, 0.25) is 0 Å². The van der Waals surface area contributed by atoms with Crippen molar-refractivity contribution in [2.75, 3.05) is 20.1 Å². The number of aliphatic imine (C=N–C) groups is 1. The molecule has 1 amide bonds. The lowest BCUT2D eigenvalue weighted by Gasteiger charge is -2.36. The van der Waals surface area contributed by atoms with E-state index in [1.165, 1.54) is 19.3 Å². The SMILES string of the molecule is CNC(=O)c1ccc(N=CC2=C(N)CCN(C3CCC3)CC2)cc1. The molecule has 0 saturated heterocycles. The van der Waals surface area contributed by atoms with Gasteiger partial charge in [0, 0.05) is 43.7 Å². The van der Waals surface area contributed by atoms with Gasteiger partial charge in [-0.05, 0) is 55.5 Å². The van der Waals surface area contributed by atoms with Crippen LogP contribution in [0.5, 0.6) is 0 Å². The van der Waals surface area contributed by atoms with Crippen LogP contribution in [-0.2, 0) is 0 Å². The van der Waals surface area contributed by atoms with Gasteiger partial charge in [-0.3, -0.25) is 14.7 Å². The highest BCUT2D eigenvalue weighted by molar-refractivity contribution is 5.94. The van der Waals surface area contributed by atoms with Gasteiger partial charge >= 0.3 is 0 Å². The van der Waals surface area contributed by atoms with Crippen molar-refractivity contribution in [3.63, 3.8) is 0 Å². The summed E-state index contributed by atoms with van der Waals surface area (Å²) in [4.78, 5) is 18.7. The van der Waals surface area contributed by atoms with E-state index in [1.54, 1.807) is 19.2 Å². The number of nitrogens with zero attached hydrogens (tertiary/aromatic N) is 2. The fourth-order valence-corrected chi connectivity index (χ4v) is 3.22. The number of nitrogens with two attached hydrogens (primary N) is 1. The second-order valence-corrected chi connectivity index (χ2v) is 6.56. The van der Waals surface area contributed by atoms with Crippen molar-refractivity contribution in [3.8, 4) is 0 Å². The summed E-state index contributed by atoms with van der Waals surface area (Å²) in [6.45, 7) is 2.14. The number of rotatable bonds is 4. The van der Waals surface area contributed by atoms with Crippen LogP contribution in [0.1, 0.15) is 42.5 Å². The normalized spacial score (nSPS) is 20.0. The van der Waals surface area contributed by atoms with Gasteiger partial charge in [0.1, 0.15) is 0 Å². The highest BCUT2D eigenvalue weighted by atomic mass is 16.1. The molecule has 2 aliphatic rings. The lowest BCUT2D eigenvalue weighted by Crippen LogP contribution is -2.40. The maximum atomic E-state index is 11.5. The second-order valence-electron chi connectivity index (χ2n) is 6.56. The summed E-state index contributed by atoms with van der Waals surface area (Å²) in [6, 6.07) is 8.06. The van der Waals surface area contributed by atoms with Gasteiger partial charge in [-0.25, -0.2) is 0 Å². The minimum Gasteiger partial charge on any atom is -0.402 e. The maximum absolute atomic E-state index is 11.5. The molecule has 0 aromatic heterocycles. The quantitative estimate of drug-likeness (QED) is 0.836. The van der Waals surface area contributed by atoms with Gasteiger partial charge in [0.15, 0.2) is 0 Å². The van der Waals surface area contributed by atoms with Crippen LogP contribution < -0.4 is 11.1 Å². The molecule has 1 aromatic rings. The Morgan fingerprint density at radius 2 is 1.96 bits per heavy atom. The molecule has 0 bridgehead atoms. The zero-order valence-corrected chi connectivity index (χ0v) is 14.3. The summed E-state index contributed by atoms with van der Waals surface area (Å²) < 4.78 is 0. The molecule has 1 fully saturated rings. The summed E-state index contributed by atoms with van der Waals surface area (Å²) in [5.74, 6) is -0.0858. The number of amides is 1. The third-order valence-corrected chi connectivity index (χ3v) is 5.07. The average Bonchev–Trinajstić information content (AvgIpc) is 2.74. The van der Waals surface area contributed by atoms with Crippen LogP contribution in [0, 0.1) is 0 Å². The standard InChI is InChI=1S/C19H26N4O/c1-21-19(24)14-5-7-16(8-6-14)22-13-15-9-11-23(12-10-18(15)20)17-3-2-4-17/h5-8,13,17H,2-4,9-12,20H2,1H3,(H,21,24). The first-order valence-corrected chi connectivity index (χ1v) is 8.75. The Morgan fingerprint density at radius 3 is 2.58 bits per heavy atom. The lowest BCUT2D eigenvalue weighted by molar-refractivity contribution is 0.0963. The molecule has 5 heteroatoms. The molecule has 1 aliphatic carbocycles. The summed E-state index contributed by atoms with van der Waals surface area (Å²) in [5, 5.41) is 2.61. The average molecular weight is 326 g/mol. The molecule has 3 rings (SSSR count). The highest BCUT2D eigenvalue weighted by Crippen LogP contribution is 2.27. The van der Waals surface area contributed by atoms with E-state index in [1.807, 2.05) is 18.3 Å². The van der Waals surface area contributed by atoms with Crippen LogP contribution in [0.3, 0.4) is 0 Å². The Balaban J connectivity index is 1.63. The van der Waals surface area contributed by atoms with Crippen LogP contribution >= 0.6 is 0 Å². The molecular weight excluding hydrogens is 300 g/mol. The summed E-state index contributed by atoms with van der Waals surface area (Å²) in [6.07, 6.45) is 7.82. The van der Waals surface area contributed by atoms with Gasteiger partial charge in [-0.1, -0.05) is 6.42 Å². The van der Waals surface area contributed by atoms with Crippen LogP contribution in [0.4, 0.5) is 5.69 Å². The van der Waals surface area contributed by atoms with Crippen LogP contribution in [-0.4, -0.2) is 43.2 Å². The van der Waals surface area contributed by atoms with E-state index in [9.17, 15) is 4.79 Å². The van der Waals surface area contributed by atoms with Crippen LogP contribution in [0.25, 0.3) is 0 Å². The molecule has 1 saturated carbocycles. The van der Waals surface area contributed by atoms with E-state index in [4.69, 9.17) is 5.73 Å². The first kappa shape index (κ1) is 16.7. The van der Waals surface area contributed by atoms with Gasteiger partial charge in [0.25, 0.3) is 5.91 Å². The topological polar surface area (TPSA) is 70.7 Å². The second kappa shape index (κ2) is 7.62. The molecule has 1 aliphatic heterocycles. The Bertz CT molecular complexity index is 644. The molecule has 0 radical (unpaired) electrons. The molecule has 1 heterocycles. The number of carbonyl (C=O) groups is 1. The monoisotopic (exact) mass is 326 g/mol. The fourth-order valence-electron chi connectivity index (χ4n) is 3.22. The minimum absolute atomic E-state index is 0.0858. The van der Waals surface area contributed by atoms with E-state index in [0.29, 0.717) is 5.56 Å². The summed E-state index contributed by atoms with van der Waals surface area (Å²) >= 11 is 0. The van der Waals surface area contributed by atoms with Gasteiger partial charge in [-0.2, -0.15) is 0 Å². The number of carbonyl (C=O) groups excluding carboxylic acids is 1. The van der Waals surface area contributed by atoms with Crippen molar-refractivity contribution in [1.82, 2.24) is 10.2 Å². The smallest absolute Gasteiger partial charge is 0.251 e. The lowest BCUT2D eigenvalue weighted by atomic mass is 9.91. The zero-order valence-electron chi connectivity index (χ0n) is 14.3. The van der Waals surface area contributed by atoms with Crippen molar-refractivity contribution in [2.45, 2.75) is 38.1 Å². The molecule has 0 atom stereocenters. The molecule has 0 unspecified atom stereocenters. The van der Waals surface area contributed by atoms with Gasteiger partial charge in [-0.15, -0.1) is 0 Å². The third kappa shape index (κ3) is 3.85. The van der Waals surface area contributed by atoms with Crippen molar-refractivity contribution in [3.05, 3.63) is 41.1 Å². The van der Waals surface area contributed by atoms with E-state index < -0.39 is 0 Å². The van der Waals surface area contributed by atoms with E-state index in [2.05, 4.69) is 15.2 Å². The molecule has 128 valence electrons. The van der Waals surface area contributed by atoms with Gasteiger partial charge < -0.3 is 11.1 Å². The molecule has 5 nitrogen and oxygen atoms in total. The third-order valence-electron chi connectivity index (χ3n) is 5.07. The Hall–Kier alpha value is -2.14. The maximum Gasteiger partial charge on any atom is 0.251 e. The Labute approximate surface area is 143 Å². The number of nitrogens with one attached hydrogen (secondary N) is 1. The molecule has 0 spiro atoms. The fraction of sp³-hybridized carbons (Fsp3) is 0.474. The predicted molar refractivity (Wildman–Crippen MR) is 97.6 cm³/mol.